The van der Waals surface area contributed by atoms with E-state index in [1.165, 1.54) is 253 Å². The molecule has 29 aromatic carbocycles. The lowest BCUT2D eigenvalue weighted by molar-refractivity contribution is 0.0949. The number of fused-ring (bicyclic) bond motifs is 4. The monoisotopic (exact) mass is 1070 g/mol. The smallest absolute Gasteiger partial charge is 0.196 e. The summed E-state index contributed by atoms with van der Waals surface area (Å²) in [5.74, 6) is 0.0990. The fourth-order valence-corrected chi connectivity index (χ4v) is 27.2. The van der Waals surface area contributed by atoms with E-state index >= 15 is 9.59 Å². The van der Waals surface area contributed by atoms with Crippen LogP contribution in [-0.4, -0.2) is 16.5 Å². The van der Waals surface area contributed by atoms with E-state index in [1.54, 1.807) is 0 Å². The van der Waals surface area contributed by atoms with E-state index < -0.39 is 11.0 Å². The Kier molecular flexibility index (Phi) is 3.53. The van der Waals surface area contributed by atoms with E-state index in [0.717, 1.165) is 81.1 Å². The van der Waals surface area contributed by atoms with Crippen LogP contribution in [-0.2, 0) is 11.0 Å². The van der Waals surface area contributed by atoms with Crippen LogP contribution in [0.5, 0.6) is 0 Å². The van der Waals surface area contributed by atoms with Gasteiger partial charge in [-0.15, -0.1) is 11.3 Å². The van der Waals surface area contributed by atoms with Crippen molar-refractivity contribution in [2.45, 2.75) is 11.0 Å². The number of pyridine rings is 1. The first-order valence-corrected chi connectivity index (χ1v) is 31.2. The topological polar surface area (TPSA) is 59.4 Å². The van der Waals surface area contributed by atoms with Gasteiger partial charge in [-0.1, -0.05) is 66.7 Å². The Morgan fingerprint density at radius 3 is 1.12 bits per heavy atom. The summed E-state index contributed by atoms with van der Waals surface area (Å²) in [6.45, 7) is 0. The summed E-state index contributed by atoms with van der Waals surface area (Å²) in [7, 11) is 0. The third-order valence-corrected chi connectivity index (χ3v) is 28.1. The lowest BCUT2D eigenvalue weighted by Crippen LogP contribution is -2.54. The van der Waals surface area contributed by atoms with Gasteiger partial charge in [-0.2, -0.15) is 0 Å². The molecule has 34 rings (SSSR count). The first-order valence-electron chi connectivity index (χ1n) is 30.4. The SMILES string of the molecule is O=C1c2c3sc4c5c(=O)c6c7c8c9c%10c%11c(c%12c2c2c%13c3c3c4c4c%14c5c6c5c8c6c8c9c9c%15c%10c%12c%10c2c2c%13c%12c3c3c4c4c%14c5c6c5c4c4c3c%12c3c2c(c%10%15)c2c9c8c5c4c23)C1(c1ccccc1)C(c1ccccc1)=NC%117c1ccccn1. The number of ketones is 1. The Balaban J connectivity index is 1.12. The molecule has 2 aliphatic carbocycles. The highest BCUT2D eigenvalue weighted by molar-refractivity contribution is 7.27. The summed E-state index contributed by atoms with van der Waals surface area (Å²) in [6.07, 6.45) is 1.97. The zero-order chi connectivity index (χ0) is 52.0. The number of nitrogens with zero attached hydrogens (tertiary/aromatic N) is 2. The largest absolute Gasteiger partial charge is 0.292 e. The van der Waals surface area contributed by atoms with Crippen molar-refractivity contribution in [3.8, 4) is 0 Å². The van der Waals surface area contributed by atoms with E-state index in [4.69, 9.17) is 9.98 Å². The van der Waals surface area contributed by atoms with Crippen LogP contribution in [0.2, 0.25) is 0 Å². The molecule has 4 nitrogen and oxygen atoms in total. The highest BCUT2D eigenvalue weighted by Gasteiger charge is 2.64. The molecular weight excluding hydrogens is 1050 g/mol. The standard InChI is InChI=1S/C80H14N2O2S/c83-74-68-58-50-35-32-24-20-18-19-22-26-27-23(19)29-28(20)38-43(32)53(50)63-60-48(38)39(29)45-37(27)44-40-34(26)47-42-31(22)30-21(18)25(24)33-36(35)51-56-46(33)41(30)49(42)62-66(56)75(69(74)59(51)58)85-76-67(62)57(47)52(40)61-64-54(44)55(45)65(60)73-72(64)79(78(84)70(61)76,16-11-5-2-6-12-16)77(15-9-3-1-4-10-15)82-80(73,71(63)68)17-13-7-8-14-81-17/h1-14H. The molecule has 0 amide bonds. The molecule has 0 spiro atoms. The van der Waals surface area contributed by atoms with E-state index in [1.807, 2.05) is 23.6 Å². The van der Waals surface area contributed by atoms with Crippen LogP contribution >= 0.6 is 11.3 Å². The Bertz CT molecular complexity index is 8740. The first-order chi connectivity index (χ1) is 42.2. The maximum atomic E-state index is 18.8. The number of rotatable bonds is 3. The number of Topliss-reactive ketones (excluding diaryl/α,β-unsaturated/α-hetero) is 1. The number of carbonyl (C=O) groups is 1. The van der Waals surface area contributed by atoms with Crippen molar-refractivity contribution in [1.29, 1.82) is 0 Å². The summed E-state index contributed by atoms with van der Waals surface area (Å²) in [6, 6.07) is 28.1. The minimum atomic E-state index is -1.43. The summed E-state index contributed by atoms with van der Waals surface area (Å²) in [4.78, 5) is 49.3. The molecule has 2 aromatic heterocycles. The summed E-state index contributed by atoms with van der Waals surface area (Å²) >= 11 is 1.81. The van der Waals surface area contributed by atoms with Crippen molar-refractivity contribution in [2.24, 2.45) is 4.99 Å². The molecule has 0 N–H and O–H groups in total. The van der Waals surface area contributed by atoms with Gasteiger partial charge in [0.25, 0.3) is 0 Å². The maximum Gasteiger partial charge on any atom is 0.196 e. The third-order valence-electron chi connectivity index (χ3n) is 26.9. The predicted molar refractivity (Wildman–Crippen MR) is 354 cm³/mol. The second-order valence-corrected chi connectivity index (χ2v) is 29.3. The summed E-state index contributed by atoms with van der Waals surface area (Å²) < 4.78 is 2.11. The lowest BCUT2D eigenvalue weighted by Gasteiger charge is -2.50. The minimum absolute atomic E-state index is 0.0990. The maximum absolute atomic E-state index is 18.8. The van der Waals surface area contributed by atoms with Crippen molar-refractivity contribution < 1.29 is 4.79 Å². The van der Waals surface area contributed by atoms with E-state index in [-0.39, 0.29) is 11.2 Å². The molecule has 31 aromatic rings. The highest BCUT2D eigenvalue weighted by Crippen LogP contribution is 2.80. The number of benzene rings is 20. The second kappa shape index (κ2) is 8.66. The van der Waals surface area contributed by atoms with Gasteiger partial charge in [0, 0.05) is 199 Å². The number of hydrogen-bond donors (Lipinski definition) is 0. The van der Waals surface area contributed by atoms with E-state index in [2.05, 4.69) is 72.8 Å². The van der Waals surface area contributed by atoms with Crippen molar-refractivity contribution in [2.75, 3.05) is 0 Å². The molecule has 0 fully saturated rings. The third kappa shape index (κ3) is 2.19. The van der Waals surface area contributed by atoms with Crippen molar-refractivity contribution in [3.63, 3.8) is 0 Å². The van der Waals surface area contributed by atoms with Gasteiger partial charge in [-0.3, -0.25) is 19.6 Å². The number of hydrogen-bond acceptors (Lipinski definition) is 5. The van der Waals surface area contributed by atoms with E-state index in [0.29, 0.717) is 0 Å². The van der Waals surface area contributed by atoms with Crippen molar-refractivity contribution in [1.82, 2.24) is 4.98 Å². The van der Waals surface area contributed by atoms with Gasteiger partial charge in [0.2, 0.25) is 0 Å². The quantitative estimate of drug-likeness (QED) is 0.131. The molecule has 5 heteroatoms. The molecule has 0 saturated carbocycles. The Labute approximate surface area is 469 Å². The van der Waals surface area contributed by atoms with Crippen molar-refractivity contribution >= 4 is 312 Å². The van der Waals surface area contributed by atoms with Crippen LogP contribution in [0.15, 0.2) is 94.8 Å². The molecule has 1 aliphatic heterocycles. The molecule has 3 heterocycles. The lowest BCUT2D eigenvalue weighted by atomic mass is 9.53. The number of carbonyl (C=O) groups excluding carboxylic acids is 1. The second-order valence-electron chi connectivity index (χ2n) is 28.3. The Morgan fingerprint density at radius 2 is 0.647 bits per heavy atom. The van der Waals surface area contributed by atoms with Crippen LogP contribution in [0, 0.1) is 0 Å². The molecule has 362 valence electrons. The van der Waals surface area contributed by atoms with Gasteiger partial charge in [0.05, 0.1) is 11.4 Å². The molecule has 85 heavy (non-hydrogen) atoms. The van der Waals surface area contributed by atoms with Crippen LogP contribution in [0.25, 0.3) is 289 Å². The zero-order valence-electron chi connectivity index (χ0n) is 43.2. The summed E-state index contributed by atoms with van der Waals surface area (Å²) in [5, 5.41) is 71.0. The fraction of sp³-hybridized carbons (Fsp3) is 0.0250. The summed E-state index contributed by atoms with van der Waals surface area (Å²) in [5.41, 5.74) is 4.63. The molecule has 3 aliphatic rings. The van der Waals surface area contributed by atoms with Gasteiger partial charge < -0.3 is 0 Å². The number of aromatic nitrogens is 1. The zero-order valence-corrected chi connectivity index (χ0v) is 44.0. The average molecular weight is 1070 g/mol. The predicted octanol–water partition coefficient (Wildman–Crippen LogP) is 20.1. The normalized spacial score (nSPS) is 20.2. The number of aliphatic imine (C=N–C) groups is 1. The van der Waals surface area contributed by atoms with Crippen LogP contribution in [0.3, 0.4) is 0 Å². The first kappa shape index (κ1) is 34.7. The average Bonchev–Trinajstić information content (AvgIpc) is 1.42. The molecule has 0 bridgehead atoms. The van der Waals surface area contributed by atoms with Gasteiger partial charge in [-0.25, -0.2) is 0 Å². The van der Waals surface area contributed by atoms with Gasteiger partial charge in [-0.05, 0) is 142 Å². The van der Waals surface area contributed by atoms with Gasteiger partial charge in [0.15, 0.2) is 16.8 Å². The molecular formula is C80H14N2O2S. The molecule has 0 radical (unpaired) electrons. The highest BCUT2D eigenvalue weighted by atomic mass is 32.1. The van der Waals surface area contributed by atoms with Gasteiger partial charge in [0.1, 0.15) is 5.41 Å². The van der Waals surface area contributed by atoms with Crippen molar-refractivity contribution in [3.05, 3.63) is 134 Å². The minimum Gasteiger partial charge on any atom is -0.292 e. The van der Waals surface area contributed by atoms with Crippen LogP contribution < -0.4 is 5.43 Å². The fourth-order valence-electron chi connectivity index (χ4n) is 25.8. The van der Waals surface area contributed by atoms with Crippen LogP contribution in [0.1, 0.15) is 43.9 Å². The van der Waals surface area contributed by atoms with E-state index in [9.17, 15) is 0 Å². The molecule has 2 atom stereocenters. The molecule has 0 saturated heterocycles. The Morgan fingerprint density at radius 1 is 0.294 bits per heavy atom. The van der Waals surface area contributed by atoms with Gasteiger partial charge >= 0.3 is 0 Å². The van der Waals surface area contributed by atoms with Crippen LogP contribution in [0.4, 0.5) is 0 Å². The Hall–Kier alpha value is -10.7. The molecule has 2 unspecified atom stereocenters.